The van der Waals surface area contributed by atoms with Crippen molar-refractivity contribution in [1.29, 1.82) is 0 Å². The van der Waals surface area contributed by atoms with Crippen LogP contribution in [0, 0.1) is 12.8 Å². The fraction of sp³-hybridized carbons (Fsp3) is 0.550. The second-order valence-electron chi connectivity index (χ2n) is 8.49. The summed E-state index contributed by atoms with van der Waals surface area (Å²) in [5, 5.41) is 12.7. The Morgan fingerprint density at radius 1 is 1.26 bits per heavy atom. The predicted molar refractivity (Wildman–Crippen MR) is 114 cm³/mol. The Bertz CT molecular complexity index is 911. The summed E-state index contributed by atoms with van der Waals surface area (Å²) < 4.78 is 10.3. The topological polar surface area (TPSA) is 134 Å². The molecule has 0 bridgehead atoms. The molecular formula is C20H29N7O4. The van der Waals surface area contributed by atoms with Crippen molar-refractivity contribution in [2.45, 2.75) is 45.8 Å². The molecule has 2 atom stereocenters. The molecule has 168 valence electrons. The van der Waals surface area contributed by atoms with Gasteiger partial charge in [0.1, 0.15) is 17.2 Å². The van der Waals surface area contributed by atoms with Crippen LogP contribution in [0.5, 0.6) is 0 Å². The maximum atomic E-state index is 12.3. The number of aromatic amines is 1. The van der Waals surface area contributed by atoms with Gasteiger partial charge in [0.25, 0.3) is 0 Å². The Hall–Kier alpha value is -3.37. The molecule has 0 aliphatic carbocycles. The van der Waals surface area contributed by atoms with E-state index in [1.165, 1.54) is 7.11 Å². The molecule has 11 nitrogen and oxygen atoms in total. The standard InChI is InChI=1S/C20H29N7O4/c1-12-8-16(24-15-6-7-21-26-15)25-18(22-12)27-10-13(17(28)30-5)9-14(11-27)23-19(29)31-20(2,3)4/h6-8,13-14H,9-11H2,1-5H3,(H,23,29)(H2,21,22,24,25,26). The van der Waals surface area contributed by atoms with Crippen LogP contribution in [0.25, 0.3) is 0 Å². The molecule has 3 rings (SSSR count). The van der Waals surface area contributed by atoms with Crippen molar-refractivity contribution in [3.63, 3.8) is 0 Å². The normalized spacial score (nSPS) is 18.9. The molecule has 2 unspecified atom stereocenters. The van der Waals surface area contributed by atoms with Crippen molar-refractivity contribution in [3.05, 3.63) is 24.0 Å². The lowest BCUT2D eigenvalue weighted by atomic mass is 9.94. The number of ether oxygens (including phenoxy) is 2. The number of alkyl carbamates (subject to hydrolysis) is 1. The van der Waals surface area contributed by atoms with Crippen molar-refractivity contribution >= 4 is 29.6 Å². The summed E-state index contributed by atoms with van der Waals surface area (Å²) in [4.78, 5) is 35.6. The molecule has 0 aromatic carbocycles. The third-order valence-electron chi connectivity index (χ3n) is 4.59. The molecule has 2 aromatic rings. The molecule has 2 aromatic heterocycles. The molecule has 3 N–H and O–H groups in total. The van der Waals surface area contributed by atoms with Gasteiger partial charge in [-0.05, 0) is 34.1 Å². The quantitative estimate of drug-likeness (QED) is 0.609. The highest BCUT2D eigenvalue weighted by Crippen LogP contribution is 2.24. The summed E-state index contributed by atoms with van der Waals surface area (Å²) in [5.41, 5.74) is 0.136. The number of rotatable bonds is 5. The number of nitrogens with zero attached hydrogens (tertiary/aromatic N) is 4. The monoisotopic (exact) mass is 431 g/mol. The van der Waals surface area contributed by atoms with Crippen molar-refractivity contribution in [3.8, 4) is 0 Å². The van der Waals surface area contributed by atoms with Crippen LogP contribution in [0.3, 0.4) is 0 Å². The third kappa shape index (κ3) is 6.30. The number of hydrogen-bond donors (Lipinski definition) is 3. The number of amides is 1. The smallest absolute Gasteiger partial charge is 0.407 e. The molecule has 1 fully saturated rings. The Kier molecular flexibility index (Phi) is 6.62. The van der Waals surface area contributed by atoms with E-state index >= 15 is 0 Å². The first-order valence-corrected chi connectivity index (χ1v) is 10.1. The highest BCUT2D eigenvalue weighted by atomic mass is 16.6. The molecule has 0 saturated carbocycles. The van der Waals surface area contributed by atoms with Gasteiger partial charge in [0.2, 0.25) is 5.95 Å². The van der Waals surface area contributed by atoms with Crippen LogP contribution in [0.4, 0.5) is 22.4 Å². The summed E-state index contributed by atoms with van der Waals surface area (Å²) in [6.45, 7) is 8.07. The first-order chi connectivity index (χ1) is 14.6. The molecule has 31 heavy (non-hydrogen) atoms. The van der Waals surface area contributed by atoms with Gasteiger partial charge in [-0.25, -0.2) is 9.78 Å². The SMILES string of the molecule is COC(=O)C1CC(NC(=O)OC(C)(C)C)CN(c2nc(C)cc(Nc3ccn[nH]3)n2)C1. The molecule has 0 radical (unpaired) electrons. The van der Waals surface area contributed by atoms with E-state index in [0.717, 1.165) is 5.69 Å². The average Bonchev–Trinajstić information content (AvgIpc) is 3.18. The summed E-state index contributed by atoms with van der Waals surface area (Å²) in [6, 6.07) is 3.26. The van der Waals surface area contributed by atoms with Gasteiger partial charge in [-0.3, -0.25) is 9.89 Å². The Morgan fingerprint density at radius 2 is 2.03 bits per heavy atom. The van der Waals surface area contributed by atoms with E-state index in [0.29, 0.717) is 37.1 Å². The molecule has 1 aliphatic rings. The maximum absolute atomic E-state index is 12.3. The maximum Gasteiger partial charge on any atom is 0.407 e. The number of nitrogens with one attached hydrogen (secondary N) is 3. The Balaban J connectivity index is 1.80. The second kappa shape index (κ2) is 9.19. The number of anilines is 3. The van der Waals surface area contributed by atoms with Crippen molar-refractivity contribution in [2.24, 2.45) is 5.92 Å². The summed E-state index contributed by atoms with van der Waals surface area (Å²) in [6.07, 6.45) is 1.54. The number of aryl methyl sites for hydroxylation is 1. The lowest BCUT2D eigenvalue weighted by Gasteiger charge is -2.37. The number of piperidine rings is 1. The zero-order valence-electron chi connectivity index (χ0n) is 18.4. The van der Waals surface area contributed by atoms with Gasteiger partial charge in [0.05, 0.1) is 25.3 Å². The number of carbonyl (C=O) groups is 2. The predicted octanol–water partition coefficient (Wildman–Crippen LogP) is 2.14. The van der Waals surface area contributed by atoms with E-state index in [4.69, 9.17) is 9.47 Å². The lowest BCUT2D eigenvalue weighted by Crippen LogP contribution is -2.53. The van der Waals surface area contributed by atoms with Gasteiger partial charge >= 0.3 is 12.1 Å². The summed E-state index contributed by atoms with van der Waals surface area (Å²) in [7, 11) is 1.35. The largest absolute Gasteiger partial charge is 0.469 e. The highest BCUT2D eigenvalue weighted by molar-refractivity contribution is 5.74. The van der Waals surface area contributed by atoms with Crippen LogP contribution in [0.2, 0.25) is 0 Å². The van der Waals surface area contributed by atoms with Crippen molar-refractivity contribution in [2.75, 3.05) is 30.4 Å². The first kappa shape index (κ1) is 22.3. The first-order valence-electron chi connectivity index (χ1n) is 10.1. The minimum atomic E-state index is -0.618. The van der Waals surface area contributed by atoms with Crippen LogP contribution in [0.15, 0.2) is 18.3 Å². The van der Waals surface area contributed by atoms with Crippen LogP contribution in [-0.2, 0) is 14.3 Å². The van der Waals surface area contributed by atoms with Gasteiger partial charge in [-0.1, -0.05) is 0 Å². The molecular weight excluding hydrogens is 402 g/mol. The van der Waals surface area contributed by atoms with E-state index < -0.39 is 17.6 Å². The minimum Gasteiger partial charge on any atom is -0.469 e. The van der Waals surface area contributed by atoms with E-state index in [-0.39, 0.29) is 12.0 Å². The number of carbonyl (C=O) groups excluding carboxylic acids is 2. The molecule has 1 amide bonds. The van der Waals surface area contributed by atoms with Gasteiger partial charge in [0, 0.05) is 30.9 Å². The number of H-pyrrole nitrogens is 1. The molecule has 0 spiro atoms. The van der Waals surface area contributed by atoms with Gasteiger partial charge in [-0.15, -0.1) is 0 Å². The highest BCUT2D eigenvalue weighted by Gasteiger charge is 2.35. The van der Waals surface area contributed by atoms with Crippen molar-refractivity contribution in [1.82, 2.24) is 25.5 Å². The molecule has 1 aliphatic heterocycles. The summed E-state index contributed by atoms with van der Waals surface area (Å²) >= 11 is 0. The lowest BCUT2D eigenvalue weighted by molar-refractivity contribution is -0.146. The second-order valence-corrected chi connectivity index (χ2v) is 8.49. The van der Waals surface area contributed by atoms with E-state index in [1.807, 2.05) is 17.9 Å². The van der Waals surface area contributed by atoms with Crippen LogP contribution < -0.4 is 15.5 Å². The molecule has 3 heterocycles. The van der Waals surface area contributed by atoms with E-state index in [1.54, 1.807) is 33.0 Å². The third-order valence-corrected chi connectivity index (χ3v) is 4.59. The number of esters is 1. The Morgan fingerprint density at radius 3 is 2.68 bits per heavy atom. The van der Waals surface area contributed by atoms with Crippen LogP contribution in [0.1, 0.15) is 32.9 Å². The average molecular weight is 431 g/mol. The summed E-state index contributed by atoms with van der Waals surface area (Å²) in [5.74, 6) is 0.950. The fourth-order valence-electron chi connectivity index (χ4n) is 3.40. The van der Waals surface area contributed by atoms with Crippen molar-refractivity contribution < 1.29 is 19.1 Å². The van der Waals surface area contributed by atoms with Gasteiger partial charge in [0.15, 0.2) is 0 Å². The van der Waals surface area contributed by atoms with E-state index in [9.17, 15) is 9.59 Å². The molecule has 11 heteroatoms. The minimum absolute atomic E-state index is 0.333. The van der Waals surface area contributed by atoms with Gasteiger partial charge < -0.3 is 25.0 Å². The zero-order chi connectivity index (χ0) is 22.6. The number of methoxy groups -OCH3 is 1. The van der Waals surface area contributed by atoms with E-state index in [2.05, 4.69) is 30.8 Å². The van der Waals surface area contributed by atoms with Gasteiger partial charge in [-0.2, -0.15) is 10.1 Å². The van der Waals surface area contributed by atoms with Crippen LogP contribution in [-0.4, -0.2) is 64.1 Å². The molecule has 1 saturated heterocycles. The number of aromatic nitrogens is 4. The van der Waals surface area contributed by atoms with Crippen LogP contribution >= 0.6 is 0 Å². The Labute approximate surface area is 180 Å². The fourth-order valence-corrected chi connectivity index (χ4v) is 3.40. The zero-order valence-corrected chi connectivity index (χ0v) is 18.4. The number of hydrogen-bond acceptors (Lipinski definition) is 9.